The number of hydrogen-bond donors (Lipinski definition) is 2. The highest BCUT2D eigenvalue weighted by Gasteiger charge is 2.30. The molecule has 18 heavy (non-hydrogen) atoms. The topological polar surface area (TPSA) is 104 Å². The van der Waals surface area contributed by atoms with Gasteiger partial charge >= 0.3 is 5.97 Å². The first-order valence-corrected chi connectivity index (χ1v) is 5.26. The Labute approximate surface area is 103 Å². The van der Waals surface area contributed by atoms with Crippen LogP contribution in [0.2, 0.25) is 0 Å². The summed E-state index contributed by atoms with van der Waals surface area (Å²) in [7, 11) is 1.49. The minimum Gasteiger partial charge on any atom is -0.480 e. The van der Waals surface area contributed by atoms with Crippen molar-refractivity contribution in [1.82, 2.24) is 4.90 Å². The summed E-state index contributed by atoms with van der Waals surface area (Å²) in [6, 6.07) is 4.54. The third-order valence-electron chi connectivity index (χ3n) is 2.56. The zero-order valence-corrected chi connectivity index (χ0v) is 9.81. The second-order valence-electron chi connectivity index (χ2n) is 3.76. The monoisotopic (exact) mass is 254 g/mol. The minimum absolute atomic E-state index is 0.103. The molecule has 0 bridgehead atoms. The van der Waals surface area contributed by atoms with Crippen molar-refractivity contribution in [2.24, 2.45) is 0 Å². The maximum Gasteiger partial charge on any atom is 0.325 e. The Morgan fingerprint density at radius 2 is 2.11 bits per heavy atom. The fourth-order valence-corrected chi connectivity index (χ4v) is 1.73. The molecule has 0 radical (unpaired) electrons. The summed E-state index contributed by atoms with van der Waals surface area (Å²) < 4.78 is 0. The van der Waals surface area contributed by atoms with E-state index in [1.807, 2.05) is 0 Å². The summed E-state index contributed by atoms with van der Waals surface area (Å²) in [6.07, 6.45) is 0. The first-order chi connectivity index (χ1) is 8.49. The van der Waals surface area contributed by atoms with Crippen LogP contribution in [0.4, 0.5) is 5.69 Å². The van der Waals surface area contributed by atoms with Gasteiger partial charge in [-0.25, -0.2) is 0 Å². The predicted molar refractivity (Wildman–Crippen MR) is 63.2 cm³/mol. The molecule has 0 heterocycles. The van der Waals surface area contributed by atoms with Crippen LogP contribution in [0.1, 0.15) is 11.6 Å². The number of carboxylic acids is 1. The number of para-hydroxylation sites is 1. The van der Waals surface area contributed by atoms with Gasteiger partial charge in [0.2, 0.25) is 0 Å². The van der Waals surface area contributed by atoms with Crippen molar-refractivity contribution in [3.05, 3.63) is 39.9 Å². The van der Waals surface area contributed by atoms with Gasteiger partial charge in [-0.2, -0.15) is 0 Å². The van der Waals surface area contributed by atoms with Gasteiger partial charge in [0.1, 0.15) is 6.04 Å². The van der Waals surface area contributed by atoms with Gasteiger partial charge in [-0.05, 0) is 13.1 Å². The zero-order valence-electron chi connectivity index (χ0n) is 9.81. The molecule has 0 saturated heterocycles. The molecule has 98 valence electrons. The third kappa shape index (κ3) is 3.02. The summed E-state index contributed by atoms with van der Waals surface area (Å²) in [6.45, 7) is -0.107. The standard InChI is InChI=1S/C11H14N2O5/c1-12(6-7-14)10(11(15)16)8-4-2-3-5-9(8)13(17)18/h2-5,10,14H,6-7H2,1H3,(H,15,16). The highest BCUT2D eigenvalue weighted by molar-refractivity contribution is 5.77. The number of carboxylic acid groups (broad SMARTS) is 1. The van der Waals surface area contributed by atoms with E-state index in [9.17, 15) is 20.0 Å². The molecule has 0 spiro atoms. The maximum atomic E-state index is 11.2. The quantitative estimate of drug-likeness (QED) is 0.570. The Balaban J connectivity index is 3.21. The van der Waals surface area contributed by atoms with Crippen molar-refractivity contribution in [3.63, 3.8) is 0 Å². The lowest BCUT2D eigenvalue weighted by molar-refractivity contribution is -0.385. The molecular weight excluding hydrogens is 240 g/mol. The summed E-state index contributed by atoms with van der Waals surface area (Å²) in [4.78, 5) is 22.9. The molecule has 1 atom stereocenters. The SMILES string of the molecule is CN(CCO)C(C(=O)O)c1ccccc1[N+](=O)[O-]. The van der Waals surface area contributed by atoms with E-state index < -0.39 is 16.9 Å². The van der Waals surface area contributed by atoms with Crippen LogP contribution in [0, 0.1) is 10.1 Å². The van der Waals surface area contributed by atoms with Gasteiger partial charge in [0, 0.05) is 12.6 Å². The molecule has 0 aromatic heterocycles. The molecule has 1 rings (SSSR count). The molecule has 1 unspecified atom stereocenters. The van der Waals surface area contributed by atoms with Gasteiger partial charge < -0.3 is 10.2 Å². The third-order valence-corrected chi connectivity index (χ3v) is 2.56. The van der Waals surface area contributed by atoms with E-state index in [1.54, 1.807) is 6.07 Å². The van der Waals surface area contributed by atoms with Gasteiger partial charge in [0.05, 0.1) is 17.1 Å². The molecule has 1 aromatic carbocycles. The Bertz CT molecular complexity index is 449. The average Bonchev–Trinajstić information content (AvgIpc) is 2.29. The normalized spacial score (nSPS) is 12.4. The van der Waals surface area contributed by atoms with Crippen LogP contribution < -0.4 is 0 Å². The van der Waals surface area contributed by atoms with Crippen LogP contribution in [0.3, 0.4) is 0 Å². The van der Waals surface area contributed by atoms with Crippen molar-refractivity contribution in [3.8, 4) is 0 Å². The molecule has 2 N–H and O–H groups in total. The van der Waals surface area contributed by atoms with Crippen molar-refractivity contribution < 1.29 is 19.9 Å². The van der Waals surface area contributed by atoms with E-state index in [2.05, 4.69) is 0 Å². The van der Waals surface area contributed by atoms with Crippen LogP contribution in [0.15, 0.2) is 24.3 Å². The fourth-order valence-electron chi connectivity index (χ4n) is 1.73. The molecule has 0 aliphatic rings. The average molecular weight is 254 g/mol. The number of rotatable bonds is 6. The van der Waals surface area contributed by atoms with Crippen LogP contribution in [0.5, 0.6) is 0 Å². The highest BCUT2D eigenvalue weighted by Crippen LogP contribution is 2.28. The second kappa shape index (κ2) is 6.08. The van der Waals surface area contributed by atoms with Gasteiger partial charge in [0.25, 0.3) is 5.69 Å². The molecule has 1 aromatic rings. The Kier molecular flexibility index (Phi) is 4.75. The lowest BCUT2D eigenvalue weighted by atomic mass is 10.0. The largest absolute Gasteiger partial charge is 0.480 e. The van der Waals surface area contributed by atoms with E-state index >= 15 is 0 Å². The fraction of sp³-hybridized carbons (Fsp3) is 0.364. The second-order valence-corrected chi connectivity index (χ2v) is 3.76. The van der Waals surface area contributed by atoms with Gasteiger partial charge in [-0.1, -0.05) is 12.1 Å². The summed E-state index contributed by atoms with van der Waals surface area (Å²) in [5.74, 6) is -1.19. The molecule has 0 amide bonds. The zero-order chi connectivity index (χ0) is 13.7. The van der Waals surface area contributed by atoms with Crippen molar-refractivity contribution >= 4 is 11.7 Å². The van der Waals surface area contributed by atoms with Crippen LogP contribution in [-0.4, -0.2) is 46.2 Å². The number of hydrogen-bond acceptors (Lipinski definition) is 5. The summed E-state index contributed by atoms with van der Waals surface area (Å²) in [5.41, 5.74) is -0.138. The van der Waals surface area contributed by atoms with Crippen molar-refractivity contribution in [2.45, 2.75) is 6.04 Å². The lowest BCUT2D eigenvalue weighted by Gasteiger charge is -2.23. The van der Waals surface area contributed by atoms with E-state index in [4.69, 9.17) is 5.11 Å². The highest BCUT2D eigenvalue weighted by atomic mass is 16.6. The summed E-state index contributed by atoms with van der Waals surface area (Å²) >= 11 is 0. The number of aliphatic carboxylic acids is 1. The number of nitrogens with zero attached hydrogens (tertiary/aromatic N) is 2. The van der Waals surface area contributed by atoms with Gasteiger partial charge in [0.15, 0.2) is 0 Å². The lowest BCUT2D eigenvalue weighted by Crippen LogP contribution is -2.33. The van der Waals surface area contributed by atoms with E-state index in [-0.39, 0.29) is 24.4 Å². The Morgan fingerprint density at radius 1 is 1.50 bits per heavy atom. The number of nitro benzene ring substituents is 1. The van der Waals surface area contributed by atoms with Gasteiger partial charge in [-0.3, -0.25) is 19.8 Å². The number of aliphatic hydroxyl groups excluding tert-OH is 1. The van der Waals surface area contributed by atoms with Crippen molar-refractivity contribution in [1.29, 1.82) is 0 Å². The number of nitro groups is 1. The molecule has 0 aliphatic heterocycles. The molecule has 7 heteroatoms. The Morgan fingerprint density at radius 3 is 2.61 bits per heavy atom. The Hall–Kier alpha value is -1.99. The van der Waals surface area contributed by atoms with Crippen LogP contribution in [-0.2, 0) is 4.79 Å². The number of benzene rings is 1. The smallest absolute Gasteiger partial charge is 0.325 e. The van der Waals surface area contributed by atoms with E-state index in [0.717, 1.165) is 0 Å². The first-order valence-electron chi connectivity index (χ1n) is 5.26. The van der Waals surface area contributed by atoms with Crippen LogP contribution in [0.25, 0.3) is 0 Å². The minimum atomic E-state index is -1.19. The predicted octanol–water partition coefficient (Wildman–Crippen LogP) is 0.645. The molecule has 7 nitrogen and oxygen atoms in total. The molecule has 0 fully saturated rings. The number of aliphatic hydroxyl groups is 1. The maximum absolute atomic E-state index is 11.2. The molecular formula is C11H14N2O5. The molecule has 0 aliphatic carbocycles. The van der Waals surface area contributed by atoms with Crippen LogP contribution >= 0.6 is 0 Å². The van der Waals surface area contributed by atoms with Crippen molar-refractivity contribution in [2.75, 3.05) is 20.2 Å². The van der Waals surface area contributed by atoms with E-state index in [0.29, 0.717) is 0 Å². The first kappa shape index (κ1) is 14.1. The van der Waals surface area contributed by atoms with Gasteiger partial charge in [-0.15, -0.1) is 0 Å². The molecule has 0 saturated carbocycles. The number of carbonyl (C=O) groups is 1. The number of likely N-dealkylation sites (N-methyl/N-ethyl adjacent to an activating group) is 1. The summed E-state index contributed by atoms with van der Waals surface area (Å²) in [5, 5.41) is 28.9. The van der Waals surface area contributed by atoms with E-state index in [1.165, 1.54) is 30.1 Å².